The highest BCUT2D eigenvalue weighted by Crippen LogP contribution is 2.28. The monoisotopic (exact) mass is 226 g/mol. The van der Waals surface area contributed by atoms with E-state index < -0.39 is 11.2 Å². The summed E-state index contributed by atoms with van der Waals surface area (Å²) in [5.74, 6) is 0. The van der Waals surface area contributed by atoms with Gasteiger partial charge in [0.25, 0.3) is 5.56 Å². The summed E-state index contributed by atoms with van der Waals surface area (Å²) in [5, 5.41) is 8.78. The first-order valence-corrected chi connectivity index (χ1v) is 5.28. The number of hydrogen-bond donors (Lipinski definition) is 2. The lowest BCUT2D eigenvalue weighted by Gasteiger charge is -2.14. The minimum atomic E-state index is -0.456. The molecular formula is C10H14N2O4. The Hall–Kier alpha value is -1.40. The molecule has 1 fully saturated rings. The predicted molar refractivity (Wildman–Crippen MR) is 56.2 cm³/mol. The van der Waals surface area contributed by atoms with Gasteiger partial charge in [0.1, 0.15) is 6.23 Å². The Bertz CT molecular complexity index is 464. The van der Waals surface area contributed by atoms with Gasteiger partial charge in [-0.05, 0) is 19.3 Å². The van der Waals surface area contributed by atoms with Crippen molar-refractivity contribution in [3.63, 3.8) is 0 Å². The molecule has 88 valence electrons. The van der Waals surface area contributed by atoms with E-state index in [9.17, 15) is 9.59 Å². The Kier molecular flexibility index (Phi) is 3.21. The molecule has 2 N–H and O–H groups in total. The second-order valence-electron chi connectivity index (χ2n) is 3.82. The zero-order chi connectivity index (χ0) is 11.5. The van der Waals surface area contributed by atoms with Gasteiger partial charge in [-0.3, -0.25) is 14.3 Å². The topological polar surface area (TPSA) is 84.3 Å². The molecule has 2 rings (SSSR count). The summed E-state index contributed by atoms with van der Waals surface area (Å²) in [6.45, 7) is 0.0813. The Balaban J connectivity index is 2.14. The van der Waals surface area contributed by atoms with Crippen LogP contribution in [-0.2, 0) is 4.74 Å². The van der Waals surface area contributed by atoms with Crippen molar-refractivity contribution in [2.75, 3.05) is 6.61 Å². The van der Waals surface area contributed by atoms with E-state index in [1.807, 2.05) is 0 Å². The van der Waals surface area contributed by atoms with Gasteiger partial charge < -0.3 is 9.84 Å². The summed E-state index contributed by atoms with van der Waals surface area (Å²) in [7, 11) is 0. The molecule has 0 aromatic carbocycles. The smallest absolute Gasteiger partial charge is 0.330 e. The van der Waals surface area contributed by atoms with Gasteiger partial charge in [0, 0.05) is 18.9 Å². The molecule has 1 aromatic heterocycles. The second kappa shape index (κ2) is 4.63. The van der Waals surface area contributed by atoms with E-state index >= 15 is 0 Å². The Morgan fingerprint density at radius 3 is 3.00 bits per heavy atom. The molecular weight excluding hydrogens is 212 g/mol. The maximum atomic E-state index is 11.5. The van der Waals surface area contributed by atoms with Crippen molar-refractivity contribution in [3.8, 4) is 0 Å². The van der Waals surface area contributed by atoms with Crippen molar-refractivity contribution in [1.29, 1.82) is 0 Å². The molecule has 0 bridgehead atoms. The Labute approximate surface area is 91.5 Å². The number of aliphatic hydroxyl groups excluding tert-OH is 1. The summed E-state index contributed by atoms with van der Waals surface area (Å²) in [5.41, 5.74) is -0.867. The van der Waals surface area contributed by atoms with Gasteiger partial charge in [-0.25, -0.2) is 4.79 Å². The van der Waals surface area contributed by atoms with Crippen molar-refractivity contribution in [3.05, 3.63) is 33.1 Å². The highest BCUT2D eigenvalue weighted by atomic mass is 16.5. The van der Waals surface area contributed by atoms with Crippen molar-refractivity contribution >= 4 is 0 Å². The number of ether oxygens (including phenoxy) is 1. The molecule has 2 atom stereocenters. The highest BCUT2D eigenvalue weighted by Gasteiger charge is 2.26. The number of rotatable bonds is 3. The quantitative estimate of drug-likeness (QED) is 0.734. The van der Waals surface area contributed by atoms with Crippen LogP contribution in [0, 0.1) is 0 Å². The zero-order valence-corrected chi connectivity index (χ0v) is 8.76. The first-order valence-electron chi connectivity index (χ1n) is 5.28. The molecule has 1 saturated heterocycles. The van der Waals surface area contributed by atoms with Crippen molar-refractivity contribution in [1.82, 2.24) is 9.55 Å². The summed E-state index contributed by atoms with van der Waals surface area (Å²) in [6.07, 6.45) is 3.21. The van der Waals surface area contributed by atoms with E-state index in [2.05, 4.69) is 4.98 Å². The SMILES string of the molecule is O=c1ccn([C@H]2CC[C@@H](CCO)O2)c(=O)[nH]1. The molecule has 2 heterocycles. The van der Waals surface area contributed by atoms with Gasteiger partial charge in [-0.2, -0.15) is 0 Å². The van der Waals surface area contributed by atoms with Gasteiger partial charge in [0.05, 0.1) is 6.10 Å². The number of aromatic nitrogens is 2. The third-order valence-corrected chi connectivity index (χ3v) is 2.70. The lowest BCUT2D eigenvalue weighted by molar-refractivity contribution is -0.0102. The summed E-state index contributed by atoms with van der Waals surface area (Å²) in [6, 6.07) is 1.30. The first-order chi connectivity index (χ1) is 7.70. The van der Waals surface area contributed by atoms with Gasteiger partial charge >= 0.3 is 5.69 Å². The fourth-order valence-corrected chi connectivity index (χ4v) is 1.90. The molecule has 1 aromatic rings. The second-order valence-corrected chi connectivity index (χ2v) is 3.82. The standard InChI is InChI=1S/C10H14N2O4/c13-6-4-7-1-2-9(16-7)12-5-3-8(14)11-10(12)15/h3,5,7,9,13H,1-2,4,6H2,(H,11,14,15)/t7-,9+/m0/s1. The van der Waals surface area contributed by atoms with Crippen LogP contribution in [-0.4, -0.2) is 27.4 Å². The van der Waals surface area contributed by atoms with Crippen LogP contribution in [0.15, 0.2) is 21.9 Å². The molecule has 0 radical (unpaired) electrons. The van der Waals surface area contributed by atoms with Crippen molar-refractivity contribution in [2.45, 2.75) is 31.6 Å². The number of H-pyrrole nitrogens is 1. The summed E-state index contributed by atoms with van der Waals surface area (Å²) >= 11 is 0. The molecule has 0 amide bonds. The maximum Gasteiger partial charge on any atom is 0.330 e. The Morgan fingerprint density at radius 1 is 1.50 bits per heavy atom. The fourth-order valence-electron chi connectivity index (χ4n) is 1.90. The third kappa shape index (κ3) is 2.23. The average Bonchev–Trinajstić information content (AvgIpc) is 2.67. The molecule has 1 aliphatic rings. The third-order valence-electron chi connectivity index (χ3n) is 2.70. The normalized spacial score (nSPS) is 24.8. The lowest BCUT2D eigenvalue weighted by Crippen LogP contribution is -2.31. The van der Waals surface area contributed by atoms with Crippen LogP contribution < -0.4 is 11.2 Å². The summed E-state index contributed by atoms with van der Waals surface area (Å²) in [4.78, 5) is 24.5. The predicted octanol–water partition coefficient (Wildman–Crippen LogP) is -0.403. The lowest BCUT2D eigenvalue weighted by atomic mass is 10.2. The highest BCUT2D eigenvalue weighted by molar-refractivity contribution is 4.85. The molecule has 0 spiro atoms. The number of nitrogens with zero attached hydrogens (tertiary/aromatic N) is 1. The van der Waals surface area contributed by atoms with Crippen LogP contribution >= 0.6 is 0 Å². The van der Waals surface area contributed by atoms with Crippen molar-refractivity contribution in [2.24, 2.45) is 0 Å². The van der Waals surface area contributed by atoms with Crippen LogP contribution in [0.3, 0.4) is 0 Å². The van der Waals surface area contributed by atoms with Gasteiger partial charge in [-0.15, -0.1) is 0 Å². The van der Waals surface area contributed by atoms with E-state index in [-0.39, 0.29) is 18.9 Å². The number of aromatic amines is 1. The van der Waals surface area contributed by atoms with E-state index in [1.54, 1.807) is 0 Å². The minimum absolute atomic E-state index is 0.00571. The minimum Gasteiger partial charge on any atom is -0.396 e. The zero-order valence-electron chi connectivity index (χ0n) is 8.76. The molecule has 16 heavy (non-hydrogen) atoms. The van der Waals surface area contributed by atoms with Crippen LogP contribution in [0.2, 0.25) is 0 Å². The number of hydrogen-bond acceptors (Lipinski definition) is 4. The van der Waals surface area contributed by atoms with Gasteiger partial charge in [-0.1, -0.05) is 0 Å². The summed E-state index contributed by atoms with van der Waals surface area (Å²) < 4.78 is 6.96. The molecule has 1 aliphatic heterocycles. The maximum absolute atomic E-state index is 11.5. The number of aliphatic hydroxyl groups is 1. The van der Waals surface area contributed by atoms with E-state index in [0.717, 1.165) is 12.8 Å². The largest absolute Gasteiger partial charge is 0.396 e. The number of nitrogens with one attached hydrogen (secondary N) is 1. The van der Waals surface area contributed by atoms with Crippen LogP contribution in [0.5, 0.6) is 0 Å². The molecule has 6 nitrogen and oxygen atoms in total. The van der Waals surface area contributed by atoms with Crippen LogP contribution in [0.25, 0.3) is 0 Å². The van der Waals surface area contributed by atoms with Gasteiger partial charge in [0.2, 0.25) is 0 Å². The van der Waals surface area contributed by atoms with Gasteiger partial charge in [0.15, 0.2) is 0 Å². The molecule has 0 aliphatic carbocycles. The molecule has 0 unspecified atom stereocenters. The van der Waals surface area contributed by atoms with Crippen LogP contribution in [0.4, 0.5) is 0 Å². The molecule has 0 saturated carbocycles. The fraction of sp³-hybridized carbons (Fsp3) is 0.600. The van der Waals surface area contributed by atoms with E-state index in [0.29, 0.717) is 6.42 Å². The first kappa shape index (κ1) is 11.1. The van der Waals surface area contributed by atoms with Crippen LogP contribution in [0.1, 0.15) is 25.5 Å². The molecule has 6 heteroatoms. The Morgan fingerprint density at radius 2 is 2.31 bits per heavy atom. The van der Waals surface area contributed by atoms with E-state index in [1.165, 1.54) is 16.8 Å². The average molecular weight is 226 g/mol. The van der Waals surface area contributed by atoms with Crippen molar-refractivity contribution < 1.29 is 9.84 Å². The van der Waals surface area contributed by atoms with E-state index in [4.69, 9.17) is 9.84 Å².